The van der Waals surface area contributed by atoms with Gasteiger partial charge in [0.1, 0.15) is 12.6 Å². The molecule has 3 rings (SSSR count). The van der Waals surface area contributed by atoms with Gasteiger partial charge in [-0.2, -0.15) is 4.39 Å². The number of nitrogens with zero attached hydrogens (tertiary/aromatic N) is 1. The van der Waals surface area contributed by atoms with E-state index in [1.807, 2.05) is 32.9 Å². The molecular formula is C29H33F3N2O6. The molecule has 40 heavy (non-hydrogen) atoms. The normalized spacial score (nSPS) is 14.9. The van der Waals surface area contributed by atoms with E-state index in [-0.39, 0.29) is 30.0 Å². The Hall–Kier alpha value is -3.89. The second kappa shape index (κ2) is 12.5. The zero-order valence-corrected chi connectivity index (χ0v) is 22.9. The number of carboxylic acids is 1. The molecule has 8 nitrogen and oxygen atoms in total. The van der Waals surface area contributed by atoms with Gasteiger partial charge in [-0.25, -0.2) is 8.78 Å². The number of aliphatic carboxylic acids is 1. The van der Waals surface area contributed by atoms with Gasteiger partial charge in [-0.3, -0.25) is 19.2 Å². The van der Waals surface area contributed by atoms with Gasteiger partial charge in [0.15, 0.2) is 23.2 Å². The number of halogens is 3. The first-order valence-electron chi connectivity index (χ1n) is 12.9. The number of Topliss-reactive ketones (excluding diaryl/α,β-unsaturated/α-hetero) is 1. The van der Waals surface area contributed by atoms with Crippen LogP contribution in [0.25, 0.3) is 0 Å². The summed E-state index contributed by atoms with van der Waals surface area (Å²) >= 11 is 0. The molecule has 2 aromatic carbocycles. The van der Waals surface area contributed by atoms with Crippen LogP contribution in [0, 0.1) is 30.3 Å². The van der Waals surface area contributed by atoms with Gasteiger partial charge in [-0.05, 0) is 48.4 Å². The number of carbonyl (C=O) groups is 4. The van der Waals surface area contributed by atoms with Crippen molar-refractivity contribution in [3.8, 4) is 5.75 Å². The molecule has 0 radical (unpaired) electrons. The molecule has 0 unspecified atom stereocenters. The van der Waals surface area contributed by atoms with E-state index < -0.39 is 65.8 Å². The zero-order valence-electron chi connectivity index (χ0n) is 22.9. The van der Waals surface area contributed by atoms with Crippen LogP contribution in [-0.2, 0) is 19.8 Å². The van der Waals surface area contributed by atoms with Crippen LogP contribution in [0.15, 0.2) is 30.3 Å². The summed E-state index contributed by atoms with van der Waals surface area (Å²) in [5.74, 6) is -8.96. The third-order valence-electron chi connectivity index (χ3n) is 6.86. The first-order chi connectivity index (χ1) is 18.7. The number of likely N-dealkylation sites (tertiary alicyclic amines) is 1. The number of aryl methyl sites for hydroxylation is 1. The van der Waals surface area contributed by atoms with Crippen LogP contribution in [0.3, 0.4) is 0 Å². The molecule has 0 spiro atoms. The molecule has 2 aromatic rings. The number of carbonyl (C=O) groups excluding carboxylic acids is 3. The van der Waals surface area contributed by atoms with Crippen molar-refractivity contribution >= 4 is 23.6 Å². The van der Waals surface area contributed by atoms with Crippen molar-refractivity contribution < 1.29 is 42.2 Å². The molecule has 1 atom stereocenters. The highest BCUT2D eigenvalue weighted by molar-refractivity contribution is 5.96. The van der Waals surface area contributed by atoms with Gasteiger partial charge in [0.25, 0.3) is 5.91 Å². The maximum atomic E-state index is 14.2. The quantitative estimate of drug-likeness (QED) is 0.444. The Labute approximate surface area is 230 Å². The number of hydrogen-bond donors (Lipinski definition) is 2. The number of ketones is 1. The Morgan fingerprint density at radius 1 is 1.07 bits per heavy atom. The largest absolute Gasteiger partial charge is 0.481 e. The average molecular weight is 563 g/mol. The van der Waals surface area contributed by atoms with Crippen LogP contribution in [-0.4, -0.2) is 59.3 Å². The SMILES string of the molecule is Cc1cc(F)c(F)c(OCC(=O)[C@H](CC(=O)O)NC(=O)C2CCN(C(=O)c3ccccc3C(C)(C)C)CC2)c1F. The highest BCUT2D eigenvalue weighted by Crippen LogP contribution is 2.29. The highest BCUT2D eigenvalue weighted by atomic mass is 19.2. The van der Waals surface area contributed by atoms with Crippen molar-refractivity contribution in [1.82, 2.24) is 10.2 Å². The van der Waals surface area contributed by atoms with Crippen LogP contribution in [0.4, 0.5) is 13.2 Å². The Bertz CT molecular complexity index is 1270. The van der Waals surface area contributed by atoms with Crippen molar-refractivity contribution in [2.45, 2.75) is 58.4 Å². The topological polar surface area (TPSA) is 113 Å². The summed E-state index contributed by atoms with van der Waals surface area (Å²) in [6.45, 7) is 6.81. The average Bonchev–Trinajstić information content (AvgIpc) is 2.90. The molecule has 0 saturated carbocycles. The number of nitrogens with one attached hydrogen (secondary N) is 1. The summed E-state index contributed by atoms with van der Waals surface area (Å²) in [4.78, 5) is 51.8. The number of ether oxygens (including phenoxy) is 1. The minimum atomic E-state index is -1.62. The van der Waals surface area contributed by atoms with Crippen molar-refractivity contribution in [2.24, 2.45) is 5.92 Å². The molecule has 0 aliphatic carbocycles. The van der Waals surface area contributed by atoms with Gasteiger partial charge >= 0.3 is 5.97 Å². The predicted octanol–water partition coefficient (Wildman–Crippen LogP) is 4.17. The predicted molar refractivity (Wildman–Crippen MR) is 140 cm³/mol. The summed E-state index contributed by atoms with van der Waals surface area (Å²) in [5.41, 5.74) is 1.00. The highest BCUT2D eigenvalue weighted by Gasteiger charge is 2.33. The summed E-state index contributed by atoms with van der Waals surface area (Å²) in [7, 11) is 0. The molecule has 11 heteroatoms. The lowest BCUT2D eigenvalue weighted by Crippen LogP contribution is -2.49. The van der Waals surface area contributed by atoms with E-state index in [9.17, 15) is 37.5 Å². The molecule has 216 valence electrons. The van der Waals surface area contributed by atoms with Crippen LogP contribution in [0.1, 0.15) is 61.5 Å². The van der Waals surface area contributed by atoms with Gasteiger partial charge in [0, 0.05) is 24.6 Å². The molecule has 2 N–H and O–H groups in total. The molecule has 1 heterocycles. The lowest BCUT2D eigenvalue weighted by Gasteiger charge is -2.33. The van der Waals surface area contributed by atoms with Crippen molar-refractivity contribution in [2.75, 3.05) is 19.7 Å². The molecule has 0 bridgehead atoms. The molecule has 1 aliphatic heterocycles. The fourth-order valence-corrected chi connectivity index (χ4v) is 4.62. The number of carboxylic acid groups (broad SMARTS) is 1. The van der Waals surface area contributed by atoms with Crippen molar-refractivity contribution in [1.29, 1.82) is 0 Å². The van der Waals surface area contributed by atoms with E-state index in [1.165, 1.54) is 6.92 Å². The third-order valence-corrected chi connectivity index (χ3v) is 6.86. The monoisotopic (exact) mass is 562 g/mol. The van der Waals surface area contributed by atoms with Gasteiger partial charge in [-0.15, -0.1) is 0 Å². The Morgan fingerprint density at radius 2 is 1.70 bits per heavy atom. The molecule has 2 amide bonds. The van der Waals surface area contributed by atoms with E-state index in [4.69, 9.17) is 4.74 Å². The van der Waals surface area contributed by atoms with Crippen molar-refractivity contribution in [3.05, 3.63) is 64.5 Å². The van der Waals surface area contributed by atoms with Crippen molar-refractivity contribution in [3.63, 3.8) is 0 Å². The zero-order chi connectivity index (χ0) is 29.8. The summed E-state index contributed by atoms with van der Waals surface area (Å²) < 4.78 is 46.7. The minimum Gasteiger partial charge on any atom is -0.481 e. The summed E-state index contributed by atoms with van der Waals surface area (Å²) in [6, 6.07) is 6.45. The van der Waals surface area contributed by atoms with Crippen LogP contribution >= 0.6 is 0 Å². The fourth-order valence-electron chi connectivity index (χ4n) is 4.62. The van der Waals surface area contributed by atoms with Gasteiger partial charge in [0.05, 0.1) is 6.42 Å². The number of hydrogen-bond acceptors (Lipinski definition) is 5. The van der Waals surface area contributed by atoms with Gasteiger partial charge < -0.3 is 20.1 Å². The Kier molecular flexibility index (Phi) is 9.60. The maximum Gasteiger partial charge on any atom is 0.305 e. The molecule has 1 fully saturated rings. The molecule has 1 saturated heterocycles. The van der Waals surface area contributed by atoms with Crippen LogP contribution in [0.2, 0.25) is 0 Å². The van der Waals surface area contributed by atoms with E-state index in [0.717, 1.165) is 5.56 Å². The summed E-state index contributed by atoms with van der Waals surface area (Å²) in [5, 5.41) is 11.6. The van der Waals surface area contributed by atoms with E-state index in [0.29, 0.717) is 24.5 Å². The maximum absolute atomic E-state index is 14.2. The lowest BCUT2D eigenvalue weighted by atomic mass is 9.83. The fraction of sp³-hybridized carbons (Fsp3) is 0.448. The third kappa shape index (κ3) is 7.19. The first-order valence-corrected chi connectivity index (χ1v) is 12.9. The van der Waals surface area contributed by atoms with E-state index in [2.05, 4.69) is 5.32 Å². The first kappa shape index (κ1) is 30.6. The Balaban J connectivity index is 1.63. The number of amides is 2. The lowest BCUT2D eigenvalue weighted by molar-refractivity contribution is -0.141. The summed E-state index contributed by atoms with van der Waals surface area (Å²) in [6.07, 6.45) is -0.209. The molecular weight excluding hydrogens is 529 g/mol. The molecule has 0 aromatic heterocycles. The minimum absolute atomic E-state index is 0.146. The second-order valence-electron chi connectivity index (χ2n) is 10.9. The Morgan fingerprint density at radius 3 is 2.30 bits per heavy atom. The smallest absolute Gasteiger partial charge is 0.305 e. The van der Waals surface area contributed by atoms with Crippen LogP contribution in [0.5, 0.6) is 5.75 Å². The standard InChI is InChI=1S/C29H33F3N2O6/c1-16-13-20(30)25(32)26(24(16)31)40-15-22(35)21(14-23(36)37)33-27(38)17-9-11-34(12-10-17)28(39)18-7-5-6-8-19(18)29(2,3)4/h5-8,13,17,21H,9-12,14-15H2,1-4H3,(H,33,38)(H,36,37)/t21-/m0/s1. The second-order valence-corrected chi connectivity index (χ2v) is 10.9. The number of benzene rings is 2. The van der Waals surface area contributed by atoms with Gasteiger partial charge in [0.2, 0.25) is 11.7 Å². The van der Waals surface area contributed by atoms with Crippen LogP contribution < -0.4 is 10.1 Å². The molecule has 1 aliphatic rings. The number of piperidine rings is 1. The van der Waals surface area contributed by atoms with Gasteiger partial charge in [-0.1, -0.05) is 39.0 Å². The number of rotatable bonds is 9. The van der Waals surface area contributed by atoms with E-state index >= 15 is 0 Å². The van der Waals surface area contributed by atoms with E-state index in [1.54, 1.807) is 17.0 Å².